The number of anilines is 2. The average Bonchev–Trinajstić information content (AvgIpc) is 3.70. The molecule has 7 rings (SSSR count). The summed E-state index contributed by atoms with van der Waals surface area (Å²) >= 11 is 13.7. The number of ketones is 1. The molecule has 6 aromatic carbocycles. The van der Waals surface area contributed by atoms with Crippen molar-refractivity contribution in [3.05, 3.63) is 160 Å². The van der Waals surface area contributed by atoms with Crippen LogP contribution in [0.4, 0.5) is 16.2 Å². The van der Waals surface area contributed by atoms with Crippen LogP contribution in [0.5, 0.6) is 40.2 Å². The number of fused-ring (bicyclic) bond motifs is 1. The normalized spacial score (nSPS) is 12.6. The van der Waals surface area contributed by atoms with Crippen molar-refractivity contribution in [2.75, 3.05) is 43.9 Å². The minimum atomic E-state index is -0.769. The van der Waals surface area contributed by atoms with Crippen molar-refractivity contribution in [2.24, 2.45) is 10.7 Å². The number of aliphatic imine (C=N–C) groups is 1. The second-order valence-corrected chi connectivity index (χ2v) is 22.5. The van der Waals surface area contributed by atoms with Crippen LogP contribution in [-0.2, 0) is 11.4 Å². The number of nitrogens with two attached hydrogens (primary N) is 1. The van der Waals surface area contributed by atoms with Crippen molar-refractivity contribution < 1.29 is 47.9 Å². The number of nitrogens with zero attached hydrogens (tertiary/aromatic N) is 2. The fourth-order valence-corrected chi connectivity index (χ4v) is 10.6. The number of nitrogens with one attached hydrogen (secondary N) is 2. The molecule has 464 valence electrons. The van der Waals surface area contributed by atoms with Crippen LogP contribution in [-0.4, -0.2) is 62.3 Å². The number of carbonyl (C=O) groups is 3. The maximum atomic E-state index is 13.6. The third kappa shape index (κ3) is 21.8. The molecule has 0 fully saturated rings. The predicted molar refractivity (Wildman–Crippen MR) is 350 cm³/mol. The molecule has 15 nitrogen and oxygen atoms in total. The molecule has 87 heavy (non-hydrogen) atoms. The topological polar surface area (TPSA) is 192 Å². The van der Waals surface area contributed by atoms with Crippen molar-refractivity contribution in [3.8, 4) is 40.2 Å². The van der Waals surface area contributed by atoms with E-state index in [0.717, 1.165) is 42.7 Å². The number of hydrogen-bond acceptors (Lipinski definition) is 13. The first kappa shape index (κ1) is 66.6. The number of aromatic hydroxyl groups is 1. The minimum Gasteiger partial charge on any atom is -0.506 e. The Balaban J connectivity index is 0.931. The van der Waals surface area contributed by atoms with Crippen molar-refractivity contribution in [2.45, 2.75) is 149 Å². The van der Waals surface area contributed by atoms with Gasteiger partial charge in [-0.2, -0.15) is 0 Å². The van der Waals surface area contributed by atoms with Gasteiger partial charge >= 0.3 is 6.09 Å². The predicted octanol–water partition coefficient (Wildman–Crippen LogP) is 17.6. The number of carbonyl (C=O) groups excluding carboxylic acids is 3. The SMILES string of the molecule is CCCCCCCCCCCCOc1ccc(OC/N=C2/C=C(Nc3cc(Cl)c(OCc4ccc(OC(=O)N(C)c5cccc6c(O)c(C(N)=O)ccc56)cc4)c(Cl)c3)C(NCOc3ccc(OCCCCCCCCCCCC)cc3)=CC2=O)cc1. The summed E-state index contributed by atoms with van der Waals surface area (Å²) in [5.41, 5.74) is 8.15. The number of phenols is 1. The highest BCUT2D eigenvalue weighted by Gasteiger charge is 2.22. The van der Waals surface area contributed by atoms with E-state index in [2.05, 4.69) is 29.5 Å². The Bertz CT molecular complexity index is 3220. The zero-order chi connectivity index (χ0) is 61.6. The molecule has 0 bridgehead atoms. The summed E-state index contributed by atoms with van der Waals surface area (Å²) in [7, 11) is 1.54. The molecule has 0 aliphatic heterocycles. The molecule has 0 saturated carbocycles. The van der Waals surface area contributed by atoms with Gasteiger partial charge < -0.3 is 49.9 Å². The van der Waals surface area contributed by atoms with Gasteiger partial charge in [0.15, 0.2) is 19.2 Å². The summed E-state index contributed by atoms with van der Waals surface area (Å²) < 4.78 is 35.8. The van der Waals surface area contributed by atoms with Gasteiger partial charge in [-0.15, -0.1) is 0 Å². The van der Waals surface area contributed by atoms with E-state index < -0.39 is 12.0 Å². The zero-order valence-electron chi connectivity index (χ0n) is 50.7. The quantitative estimate of drug-likeness (QED) is 0.0162. The first-order valence-electron chi connectivity index (χ1n) is 30.9. The van der Waals surface area contributed by atoms with E-state index in [-0.39, 0.29) is 64.4 Å². The largest absolute Gasteiger partial charge is 0.506 e. The van der Waals surface area contributed by atoms with E-state index in [1.165, 1.54) is 127 Å². The van der Waals surface area contributed by atoms with E-state index in [9.17, 15) is 19.5 Å². The van der Waals surface area contributed by atoms with Crippen molar-refractivity contribution in [3.63, 3.8) is 0 Å². The maximum Gasteiger partial charge on any atom is 0.419 e. The summed E-state index contributed by atoms with van der Waals surface area (Å²) in [4.78, 5) is 44.6. The Morgan fingerprint density at radius 1 is 0.575 bits per heavy atom. The molecule has 0 atom stereocenters. The van der Waals surface area contributed by atoms with E-state index in [1.54, 1.807) is 66.7 Å². The molecule has 5 N–H and O–H groups in total. The lowest BCUT2D eigenvalue weighted by Crippen LogP contribution is -2.29. The monoisotopic (exact) mass is 1230 g/mol. The third-order valence-electron chi connectivity index (χ3n) is 14.9. The highest BCUT2D eigenvalue weighted by molar-refractivity contribution is 6.49. The Hall–Kier alpha value is -7.88. The van der Waals surface area contributed by atoms with Gasteiger partial charge in [0, 0.05) is 29.6 Å². The molecule has 0 saturated heterocycles. The molecule has 0 aromatic heterocycles. The lowest BCUT2D eigenvalue weighted by Gasteiger charge is -2.21. The second kappa shape index (κ2) is 36.3. The van der Waals surface area contributed by atoms with Gasteiger partial charge in [-0.1, -0.05) is 183 Å². The molecular weight excluding hydrogens is 1140 g/mol. The Labute approximate surface area is 523 Å². The van der Waals surface area contributed by atoms with Crippen LogP contribution in [0.2, 0.25) is 10.0 Å². The van der Waals surface area contributed by atoms with Crippen LogP contribution in [0.1, 0.15) is 158 Å². The van der Waals surface area contributed by atoms with Gasteiger partial charge in [-0.05, 0) is 109 Å². The van der Waals surface area contributed by atoms with Gasteiger partial charge in [-0.25, -0.2) is 9.79 Å². The molecule has 17 heteroatoms. The van der Waals surface area contributed by atoms with Crippen molar-refractivity contribution in [1.29, 1.82) is 0 Å². The number of allylic oxidation sites excluding steroid dienone is 2. The zero-order valence-corrected chi connectivity index (χ0v) is 52.2. The first-order valence-corrected chi connectivity index (χ1v) is 31.6. The summed E-state index contributed by atoms with van der Waals surface area (Å²) in [6, 6.07) is 32.9. The van der Waals surface area contributed by atoms with Crippen LogP contribution in [0.15, 0.2) is 144 Å². The van der Waals surface area contributed by atoms with Crippen molar-refractivity contribution >= 4 is 68.8 Å². The Morgan fingerprint density at radius 2 is 1.08 bits per heavy atom. The molecular formula is C70H85Cl2N5O10. The number of amides is 2. The number of halogens is 2. The number of ether oxygens (including phenoxy) is 6. The molecule has 0 heterocycles. The van der Waals surface area contributed by atoms with E-state index in [4.69, 9.17) is 57.4 Å². The summed E-state index contributed by atoms with van der Waals surface area (Å²) in [5.74, 6) is 1.88. The molecule has 0 spiro atoms. The van der Waals surface area contributed by atoms with Crippen LogP contribution < -0.4 is 49.7 Å². The number of primary amides is 1. The standard InChI is InChI=1S/C70H85Cl2N5O10/c1-4-6-8-10-12-14-16-18-20-22-41-82-52-31-35-54(36-32-52)85-48-74-62-46-66(78)64(75-49-86-55-37-33-53(34-38-55)83-42-23-21-19-17-15-13-11-9-7-5-2)45-63(62)76-51-43-60(71)68(61(72)44-51)84-47-50-27-29-56(30-28-50)87-70(81)77(3)65-26-24-25-58-57(65)39-40-59(67(58)79)69(73)80/h24-40,43-46,74,76,79H,4-23,41-42,47-49H2,1-3H3,(H2,73,80)/b75-64-. The van der Waals surface area contributed by atoms with Gasteiger partial charge in [0.05, 0.1) is 45.9 Å². The third-order valence-corrected chi connectivity index (χ3v) is 15.5. The van der Waals surface area contributed by atoms with Gasteiger partial charge in [0.25, 0.3) is 5.91 Å². The van der Waals surface area contributed by atoms with Crippen LogP contribution >= 0.6 is 23.2 Å². The average molecular weight is 1230 g/mol. The van der Waals surface area contributed by atoms with Gasteiger partial charge in [0.1, 0.15) is 46.8 Å². The fraction of sp³-hybridized carbons (Fsp3) is 0.400. The maximum absolute atomic E-state index is 13.6. The van der Waals surface area contributed by atoms with Gasteiger partial charge in [-0.3, -0.25) is 14.5 Å². The second-order valence-electron chi connectivity index (χ2n) is 21.7. The van der Waals surface area contributed by atoms with E-state index >= 15 is 0 Å². The highest BCUT2D eigenvalue weighted by atomic mass is 35.5. The lowest BCUT2D eigenvalue weighted by atomic mass is 10.0. The first-order chi connectivity index (χ1) is 42.4. The van der Waals surface area contributed by atoms with E-state index in [1.807, 2.05) is 48.5 Å². The number of benzene rings is 6. The minimum absolute atomic E-state index is 0.0263. The molecule has 0 radical (unpaired) electrons. The number of rotatable bonds is 39. The molecule has 1 aliphatic carbocycles. The van der Waals surface area contributed by atoms with Crippen LogP contribution in [0, 0.1) is 0 Å². The lowest BCUT2D eigenvalue weighted by molar-refractivity contribution is -0.108. The van der Waals surface area contributed by atoms with Gasteiger partial charge in [0.2, 0.25) is 5.78 Å². The van der Waals surface area contributed by atoms with Crippen LogP contribution in [0.3, 0.4) is 0 Å². The Kier molecular flexibility index (Phi) is 27.8. The Morgan fingerprint density at radius 3 is 1.62 bits per heavy atom. The number of unbranched alkanes of at least 4 members (excludes halogenated alkanes) is 18. The number of hydrogen-bond donors (Lipinski definition) is 4. The van der Waals surface area contributed by atoms with E-state index in [0.29, 0.717) is 58.3 Å². The highest BCUT2D eigenvalue weighted by Crippen LogP contribution is 2.38. The van der Waals surface area contributed by atoms with Crippen LogP contribution in [0.25, 0.3) is 10.8 Å². The molecule has 2 amide bonds. The summed E-state index contributed by atoms with van der Waals surface area (Å²) in [5, 5.41) is 18.6. The molecule has 6 aromatic rings. The molecule has 1 aliphatic rings. The summed E-state index contributed by atoms with van der Waals surface area (Å²) in [6.45, 7) is 5.82. The smallest absolute Gasteiger partial charge is 0.419 e. The summed E-state index contributed by atoms with van der Waals surface area (Å²) in [6.07, 6.45) is 27.7. The fourth-order valence-electron chi connectivity index (χ4n) is 9.96. The molecule has 0 unspecified atom stereocenters. The van der Waals surface area contributed by atoms with Crippen molar-refractivity contribution in [1.82, 2.24) is 5.32 Å².